The standard InChI is InChI=1S/C8H8FNO2S/c1-2-13-5-3-4-6(9)10-7(5)8(11)12/h3-4H,2H2,1H3,(H,11,12). The van der Waals surface area contributed by atoms with Crippen LogP contribution < -0.4 is 0 Å². The van der Waals surface area contributed by atoms with E-state index in [4.69, 9.17) is 5.11 Å². The van der Waals surface area contributed by atoms with Crippen molar-refractivity contribution in [1.29, 1.82) is 0 Å². The van der Waals surface area contributed by atoms with Gasteiger partial charge < -0.3 is 5.11 Å². The van der Waals surface area contributed by atoms with Crippen LogP contribution in [0.25, 0.3) is 0 Å². The van der Waals surface area contributed by atoms with E-state index in [1.54, 1.807) is 0 Å². The van der Waals surface area contributed by atoms with Crippen molar-refractivity contribution in [2.75, 3.05) is 5.75 Å². The molecule has 0 aromatic carbocycles. The molecule has 0 spiro atoms. The van der Waals surface area contributed by atoms with Gasteiger partial charge in [0.1, 0.15) is 0 Å². The van der Waals surface area contributed by atoms with Crippen LogP contribution in [0.2, 0.25) is 0 Å². The Bertz CT molecular complexity index is 330. The van der Waals surface area contributed by atoms with Gasteiger partial charge in [0.25, 0.3) is 0 Å². The average Bonchev–Trinajstić information content (AvgIpc) is 2.08. The van der Waals surface area contributed by atoms with Crippen LogP contribution >= 0.6 is 11.8 Å². The van der Waals surface area contributed by atoms with Crippen molar-refractivity contribution in [3.63, 3.8) is 0 Å². The average molecular weight is 201 g/mol. The fourth-order valence-corrected chi connectivity index (χ4v) is 1.59. The smallest absolute Gasteiger partial charge is 0.355 e. The van der Waals surface area contributed by atoms with Crippen LogP contribution in [-0.4, -0.2) is 21.8 Å². The number of rotatable bonds is 3. The van der Waals surface area contributed by atoms with Crippen molar-refractivity contribution < 1.29 is 14.3 Å². The Labute approximate surface area is 79.0 Å². The Morgan fingerprint density at radius 3 is 2.92 bits per heavy atom. The van der Waals surface area contributed by atoms with Gasteiger partial charge in [0, 0.05) is 4.90 Å². The Kier molecular flexibility index (Phi) is 3.25. The molecule has 5 heteroatoms. The summed E-state index contributed by atoms with van der Waals surface area (Å²) >= 11 is 1.33. The maximum atomic E-state index is 12.6. The lowest BCUT2D eigenvalue weighted by atomic mass is 10.3. The molecule has 0 aliphatic heterocycles. The number of aromatic carboxylic acids is 1. The summed E-state index contributed by atoms with van der Waals surface area (Å²) in [5.41, 5.74) is -0.216. The quantitative estimate of drug-likeness (QED) is 0.600. The van der Waals surface area contributed by atoms with Crippen molar-refractivity contribution in [1.82, 2.24) is 4.98 Å². The first-order valence-corrected chi connectivity index (χ1v) is 4.66. The van der Waals surface area contributed by atoms with Crippen molar-refractivity contribution in [3.05, 3.63) is 23.8 Å². The summed E-state index contributed by atoms with van der Waals surface area (Å²) < 4.78 is 12.6. The highest BCUT2D eigenvalue weighted by atomic mass is 32.2. The van der Waals surface area contributed by atoms with Gasteiger partial charge in [-0.3, -0.25) is 0 Å². The lowest BCUT2D eigenvalue weighted by molar-refractivity contribution is 0.0685. The number of nitrogens with zero attached hydrogens (tertiary/aromatic N) is 1. The normalized spacial score (nSPS) is 10.0. The van der Waals surface area contributed by atoms with Gasteiger partial charge in [0.05, 0.1) is 0 Å². The highest BCUT2D eigenvalue weighted by molar-refractivity contribution is 7.99. The van der Waals surface area contributed by atoms with E-state index in [1.165, 1.54) is 17.8 Å². The van der Waals surface area contributed by atoms with E-state index in [1.807, 2.05) is 6.92 Å². The minimum Gasteiger partial charge on any atom is -0.476 e. The third-order valence-corrected chi connectivity index (χ3v) is 2.26. The molecule has 1 aromatic rings. The summed E-state index contributed by atoms with van der Waals surface area (Å²) in [6.45, 7) is 1.89. The number of carboxylic acids is 1. The zero-order valence-electron chi connectivity index (χ0n) is 6.95. The Morgan fingerprint density at radius 1 is 1.69 bits per heavy atom. The molecule has 0 bridgehead atoms. The molecule has 1 heterocycles. The molecule has 70 valence electrons. The van der Waals surface area contributed by atoms with E-state index in [0.717, 1.165) is 11.8 Å². The fourth-order valence-electron chi connectivity index (χ4n) is 0.848. The van der Waals surface area contributed by atoms with Gasteiger partial charge in [-0.1, -0.05) is 6.92 Å². The molecule has 1 aromatic heterocycles. The van der Waals surface area contributed by atoms with Crippen molar-refractivity contribution in [3.8, 4) is 0 Å². The predicted molar refractivity (Wildman–Crippen MR) is 47.6 cm³/mol. The summed E-state index contributed by atoms with van der Waals surface area (Å²) in [4.78, 5) is 14.4. The minimum atomic E-state index is -1.20. The third-order valence-electron chi connectivity index (χ3n) is 1.33. The van der Waals surface area contributed by atoms with Gasteiger partial charge >= 0.3 is 5.97 Å². The van der Waals surface area contributed by atoms with Crippen LogP contribution in [-0.2, 0) is 0 Å². The molecule has 0 aliphatic carbocycles. The summed E-state index contributed by atoms with van der Waals surface area (Å²) in [6, 6.07) is 2.59. The van der Waals surface area contributed by atoms with Gasteiger partial charge in [0.15, 0.2) is 5.69 Å². The molecule has 1 N–H and O–H groups in total. The molecule has 0 saturated carbocycles. The van der Waals surface area contributed by atoms with Gasteiger partial charge in [-0.2, -0.15) is 4.39 Å². The molecule has 0 fully saturated rings. The van der Waals surface area contributed by atoms with Crippen molar-refractivity contribution >= 4 is 17.7 Å². The first kappa shape index (κ1) is 9.98. The van der Waals surface area contributed by atoms with E-state index in [2.05, 4.69) is 4.98 Å². The number of pyridine rings is 1. The number of thioether (sulfide) groups is 1. The van der Waals surface area contributed by atoms with E-state index in [-0.39, 0.29) is 5.69 Å². The van der Waals surface area contributed by atoms with Crippen LogP contribution in [0.4, 0.5) is 4.39 Å². The molecule has 0 saturated heterocycles. The summed E-state index contributed by atoms with van der Waals surface area (Å²) in [5.74, 6) is -1.23. The molecule has 0 unspecified atom stereocenters. The second-order valence-corrected chi connectivity index (χ2v) is 3.52. The van der Waals surface area contributed by atoms with Gasteiger partial charge in [-0.05, 0) is 17.9 Å². The second kappa shape index (κ2) is 4.23. The Balaban J connectivity index is 3.10. The lowest BCUT2D eigenvalue weighted by Crippen LogP contribution is -2.04. The zero-order valence-corrected chi connectivity index (χ0v) is 7.77. The van der Waals surface area contributed by atoms with Gasteiger partial charge in [0.2, 0.25) is 5.95 Å². The van der Waals surface area contributed by atoms with E-state index >= 15 is 0 Å². The topological polar surface area (TPSA) is 50.2 Å². The van der Waals surface area contributed by atoms with Crippen LogP contribution in [0.1, 0.15) is 17.4 Å². The summed E-state index contributed by atoms with van der Waals surface area (Å²) in [5, 5.41) is 8.67. The molecular weight excluding hydrogens is 193 g/mol. The van der Waals surface area contributed by atoms with E-state index in [0.29, 0.717) is 4.90 Å². The Hall–Kier alpha value is -1.10. The van der Waals surface area contributed by atoms with Crippen LogP contribution in [0.5, 0.6) is 0 Å². The van der Waals surface area contributed by atoms with Crippen LogP contribution in [0.3, 0.4) is 0 Å². The van der Waals surface area contributed by atoms with Gasteiger partial charge in [-0.25, -0.2) is 9.78 Å². The van der Waals surface area contributed by atoms with Crippen molar-refractivity contribution in [2.24, 2.45) is 0 Å². The maximum Gasteiger partial charge on any atom is 0.355 e. The number of aromatic nitrogens is 1. The molecule has 1 rings (SSSR count). The highest BCUT2D eigenvalue weighted by Crippen LogP contribution is 2.20. The summed E-state index contributed by atoms with van der Waals surface area (Å²) in [6.07, 6.45) is 0. The highest BCUT2D eigenvalue weighted by Gasteiger charge is 2.12. The molecule has 0 amide bonds. The SMILES string of the molecule is CCSc1ccc(F)nc1C(=O)O. The molecular formula is C8H8FNO2S. The van der Waals surface area contributed by atoms with E-state index < -0.39 is 11.9 Å². The number of hydrogen-bond donors (Lipinski definition) is 1. The zero-order chi connectivity index (χ0) is 9.84. The molecule has 0 aliphatic rings. The fraction of sp³-hybridized carbons (Fsp3) is 0.250. The van der Waals surface area contributed by atoms with Gasteiger partial charge in [-0.15, -0.1) is 11.8 Å². The second-order valence-electron chi connectivity index (χ2n) is 2.22. The van der Waals surface area contributed by atoms with Crippen LogP contribution in [0.15, 0.2) is 17.0 Å². The number of halogens is 1. The lowest BCUT2D eigenvalue weighted by Gasteiger charge is -2.01. The van der Waals surface area contributed by atoms with Crippen LogP contribution in [0, 0.1) is 5.95 Å². The molecule has 3 nitrogen and oxygen atoms in total. The summed E-state index contributed by atoms with van der Waals surface area (Å²) in [7, 11) is 0. The first-order valence-electron chi connectivity index (χ1n) is 3.67. The van der Waals surface area contributed by atoms with Crippen molar-refractivity contribution in [2.45, 2.75) is 11.8 Å². The monoisotopic (exact) mass is 201 g/mol. The number of carboxylic acid groups (broad SMARTS) is 1. The molecule has 13 heavy (non-hydrogen) atoms. The number of hydrogen-bond acceptors (Lipinski definition) is 3. The largest absolute Gasteiger partial charge is 0.476 e. The van der Waals surface area contributed by atoms with E-state index in [9.17, 15) is 9.18 Å². The first-order chi connectivity index (χ1) is 6.15. The molecule has 0 atom stereocenters. The predicted octanol–water partition coefficient (Wildman–Crippen LogP) is 2.03. The third kappa shape index (κ3) is 2.42. The maximum absolute atomic E-state index is 12.6. The molecule has 0 radical (unpaired) electrons. The number of carbonyl (C=O) groups is 1. The minimum absolute atomic E-state index is 0.216. The Morgan fingerprint density at radius 2 is 2.38 bits per heavy atom.